The van der Waals surface area contributed by atoms with Gasteiger partial charge < -0.3 is 0 Å². The van der Waals surface area contributed by atoms with Crippen LogP contribution in [0.25, 0.3) is 5.69 Å². The fourth-order valence-corrected chi connectivity index (χ4v) is 1.60. The smallest absolute Gasteiger partial charge is 0.168 e. The van der Waals surface area contributed by atoms with E-state index in [1.54, 1.807) is 10.7 Å². The molecule has 0 bridgehead atoms. The maximum atomic E-state index is 10.9. The van der Waals surface area contributed by atoms with Gasteiger partial charge in [0.25, 0.3) is 0 Å². The fraction of sp³-hybridized carbons (Fsp3) is 0.167. The minimum absolute atomic E-state index is 0.585. The third-order valence-corrected chi connectivity index (χ3v) is 2.32. The molecular formula is C12H12N2O. The Bertz CT molecular complexity index is 500. The van der Waals surface area contributed by atoms with Crippen LogP contribution in [0, 0.1) is 13.8 Å². The van der Waals surface area contributed by atoms with Gasteiger partial charge >= 0.3 is 0 Å². The molecule has 0 aliphatic heterocycles. The minimum atomic E-state index is 0.585. The summed E-state index contributed by atoms with van der Waals surface area (Å²) in [5.74, 6) is 0. The molecule has 3 heteroatoms. The number of rotatable bonds is 2. The summed E-state index contributed by atoms with van der Waals surface area (Å²) in [6, 6.07) is 9.64. The zero-order valence-electron chi connectivity index (χ0n) is 8.77. The number of aryl methyl sites for hydroxylation is 2. The number of hydrogen-bond donors (Lipinski definition) is 0. The first kappa shape index (κ1) is 9.65. The second-order valence-corrected chi connectivity index (χ2v) is 3.53. The van der Waals surface area contributed by atoms with E-state index < -0.39 is 0 Å². The van der Waals surface area contributed by atoms with Crippen molar-refractivity contribution < 1.29 is 4.79 Å². The molecule has 2 rings (SSSR count). The summed E-state index contributed by atoms with van der Waals surface area (Å²) in [6.07, 6.45) is 0.826. The van der Waals surface area contributed by atoms with Gasteiger partial charge in [-0.25, -0.2) is 4.68 Å². The van der Waals surface area contributed by atoms with Gasteiger partial charge in [0.05, 0.1) is 11.4 Å². The van der Waals surface area contributed by atoms with Gasteiger partial charge in [0.2, 0.25) is 0 Å². The van der Waals surface area contributed by atoms with E-state index in [2.05, 4.69) is 5.10 Å². The van der Waals surface area contributed by atoms with E-state index in [0.29, 0.717) is 5.69 Å². The molecule has 0 spiro atoms. The number of benzene rings is 1. The molecule has 1 aromatic heterocycles. The second-order valence-electron chi connectivity index (χ2n) is 3.53. The summed E-state index contributed by atoms with van der Waals surface area (Å²) >= 11 is 0. The van der Waals surface area contributed by atoms with Crippen molar-refractivity contribution in [1.82, 2.24) is 9.78 Å². The predicted molar refractivity (Wildman–Crippen MR) is 58.4 cm³/mol. The number of nitrogens with zero attached hydrogens (tertiary/aromatic N) is 2. The summed E-state index contributed by atoms with van der Waals surface area (Å²) < 4.78 is 1.68. The maximum Gasteiger partial charge on any atom is 0.168 e. The third kappa shape index (κ3) is 1.68. The Morgan fingerprint density at radius 2 is 2.00 bits per heavy atom. The molecule has 0 saturated carbocycles. The zero-order valence-corrected chi connectivity index (χ0v) is 8.77. The first-order valence-corrected chi connectivity index (χ1v) is 4.80. The van der Waals surface area contributed by atoms with E-state index >= 15 is 0 Å². The Hall–Kier alpha value is -1.90. The predicted octanol–water partition coefficient (Wildman–Crippen LogP) is 2.30. The first-order valence-electron chi connectivity index (χ1n) is 4.80. The molecule has 0 unspecified atom stereocenters. The van der Waals surface area contributed by atoms with Crippen molar-refractivity contribution in [2.75, 3.05) is 0 Å². The second kappa shape index (κ2) is 3.69. The third-order valence-electron chi connectivity index (χ3n) is 2.32. The van der Waals surface area contributed by atoms with Crippen molar-refractivity contribution in [2.24, 2.45) is 0 Å². The van der Waals surface area contributed by atoms with E-state index in [0.717, 1.165) is 23.2 Å². The number of carbonyl (C=O) groups excluding carboxylic acids is 1. The van der Waals surface area contributed by atoms with Gasteiger partial charge in [-0.2, -0.15) is 5.10 Å². The number of aromatic nitrogens is 2. The maximum absolute atomic E-state index is 10.9. The van der Waals surface area contributed by atoms with Gasteiger partial charge in [-0.1, -0.05) is 18.2 Å². The fourth-order valence-electron chi connectivity index (χ4n) is 1.60. The molecule has 0 N–H and O–H groups in total. The average molecular weight is 200 g/mol. The van der Waals surface area contributed by atoms with Gasteiger partial charge in [0.1, 0.15) is 5.69 Å². The Kier molecular flexibility index (Phi) is 2.37. The lowest BCUT2D eigenvalue weighted by molar-refractivity contribution is 0.111. The van der Waals surface area contributed by atoms with Crippen molar-refractivity contribution in [1.29, 1.82) is 0 Å². The number of carbonyl (C=O) groups is 1. The van der Waals surface area contributed by atoms with Crippen LogP contribution in [-0.4, -0.2) is 16.1 Å². The Morgan fingerprint density at radius 3 is 2.67 bits per heavy atom. The minimum Gasteiger partial charge on any atom is -0.296 e. The molecule has 1 aromatic carbocycles. The van der Waals surface area contributed by atoms with Crippen molar-refractivity contribution >= 4 is 6.29 Å². The molecule has 15 heavy (non-hydrogen) atoms. The van der Waals surface area contributed by atoms with Crippen LogP contribution in [-0.2, 0) is 0 Å². The molecule has 0 radical (unpaired) electrons. The van der Waals surface area contributed by atoms with Crippen molar-refractivity contribution in [2.45, 2.75) is 13.8 Å². The molecule has 0 fully saturated rings. The topological polar surface area (TPSA) is 34.9 Å². The highest BCUT2D eigenvalue weighted by Gasteiger charge is 2.07. The molecule has 76 valence electrons. The van der Waals surface area contributed by atoms with Crippen LogP contribution in [0.1, 0.15) is 21.7 Å². The van der Waals surface area contributed by atoms with Gasteiger partial charge in [-0.15, -0.1) is 0 Å². The molecule has 0 atom stereocenters. The highest BCUT2D eigenvalue weighted by atomic mass is 16.1. The van der Waals surface area contributed by atoms with Crippen LogP contribution in [0.3, 0.4) is 0 Å². The monoisotopic (exact) mass is 200 g/mol. The quantitative estimate of drug-likeness (QED) is 0.697. The van der Waals surface area contributed by atoms with E-state index in [4.69, 9.17) is 0 Å². The van der Waals surface area contributed by atoms with Crippen LogP contribution in [0.2, 0.25) is 0 Å². The summed E-state index contributed by atoms with van der Waals surface area (Å²) in [7, 11) is 0. The van der Waals surface area contributed by atoms with E-state index in [9.17, 15) is 4.79 Å². The lowest BCUT2D eigenvalue weighted by Gasteiger charge is -2.06. The number of para-hydroxylation sites is 1. The molecule has 0 amide bonds. The molecular weight excluding hydrogens is 188 g/mol. The number of hydrogen-bond acceptors (Lipinski definition) is 2. The SMILES string of the molecule is Cc1cc(C=O)n(-c2ccccc2C)n1. The van der Waals surface area contributed by atoms with Crippen molar-refractivity contribution in [3.63, 3.8) is 0 Å². The van der Waals surface area contributed by atoms with E-state index in [1.165, 1.54) is 0 Å². The summed E-state index contributed by atoms with van der Waals surface area (Å²) in [6.45, 7) is 3.88. The standard InChI is InChI=1S/C12H12N2O/c1-9-5-3-4-6-12(9)14-11(8-15)7-10(2)13-14/h3-8H,1-2H3. The van der Waals surface area contributed by atoms with Gasteiger partial charge in [-0.3, -0.25) is 4.79 Å². The Balaban J connectivity index is 2.63. The highest BCUT2D eigenvalue weighted by molar-refractivity contribution is 5.73. The van der Waals surface area contributed by atoms with E-state index in [-0.39, 0.29) is 0 Å². The highest BCUT2D eigenvalue weighted by Crippen LogP contribution is 2.15. The number of aldehydes is 1. The normalized spacial score (nSPS) is 10.3. The largest absolute Gasteiger partial charge is 0.296 e. The summed E-state index contributed by atoms with van der Waals surface area (Å²) in [5, 5.41) is 4.30. The van der Waals surface area contributed by atoms with Crippen molar-refractivity contribution in [3.05, 3.63) is 47.3 Å². The Morgan fingerprint density at radius 1 is 1.27 bits per heavy atom. The zero-order chi connectivity index (χ0) is 10.8. The van der Waals surface area contributed by atoms with Crippen molar-refractivity contribution in [3.8, 4) is 5.69 Å². The van der Waals surface area contributed by atoms with Crippen LogP contribution >= 0.6 is 0 Å². The molecule has 0 aliphatic rings. The molecule has 3 nitrogen and oxygen atoms in total. The molecule has 0 aliphatic carbocycles. The molecule has 0 saturated heterocycles. The Labute approximate surface area is 88.4 Å². The summed E-state index contributed by atoms with van der Waals surface area (Å²) in [4.78, 5) is 10.9. The van der Waals surface area contributed by atoms with Crippen LogP contribution < -0.4 is 0 Å². The average Bonchev–Trinajstić information content (AvgIpc) is 2.60. The lowest BCUT2D eigenvalue weighted by atomic mass is 10.2. The summed E-state index contributed by atoms with van der Waals surface area (Å²) in [5.41, 5.74) is 3.48. The van der Waals surface area contributed by atoms with Gasteiger partial charge in [-0.05, 0) is 31.5 Å². The van der Waals surface area contributed by atoms with Gasteiger partial charge in [0.15, 0.2) is 6.29 Å². The van der Waals surface area contributed by atoms with Crippen LogP contribution in [0.4, 0.5) is 0 Å². The van der Waals surface area contributed by atoms with Crippen LogP contribution in [0.15, 0.2) is 30.3 Å². The van der Waals surface area contributed by atoms with Crippen LogP contribution in [0.5, 0.6) is 0 Å². The lowest BCUT2D eigenvalue weighted by Crippen LogP contribution is -2.03. The van der Waals surface area contributed by atoms with E-state index in [1.807, 2.05) is 38.1 Å². The van der Waals surface area contributed by atoms with Gasteiger partial charge in [0, 0.05) is 0 Å². The molecule has 2 aromatic rings. The first-order chi connectivity index (χ1) is 7.22. The molecule has 1 heterocycles.